The summed E-state index contributed by atoms with van der Waals surface area (Å²) in [5, 5.41) is 2.91. The average molecular weight is 460 g/mol. The lowest BCUT2D eigenvalue weighted by Crippen LogP contribution is -2.52. The summed E-state index contributed by atoms with van der Waals surface area (Å²) in [7, 11) is -3.72. The Morgan fingerprint density at radius 1 is 1.00 bits per heavy atom. The monoisotopic (exact) mass is 459 g/mol. The van der Waals surface area contributed by atoms with Gasteiger partial charge in [0.1, 0.15) is 12.6 Å². The Hall–Kier alpha value is -2.87. The number of carbonyl (C=O) groups excluding carboxylic acids is 2. The number of hydrogen-bond acceptors (Lipinski definition) is 4. The third kappa shape index (κ3) is 7.09. The molecule has 0 aliphatic heterocycles. The van der Waals surface area contributed by atoms with E-state index in [0.29, 0.717) is 5.69 Å². The fourth-order valence-corrected chi connectivity index (χ4v) is 4.00. The summed E-state index contributed by atoms with van der Waals surface area (Å²) in [5.74, 6) is -0.725. The van der Waals surface area contributed by atoms with Crippen LogP contribution < -0.4 is 9.62 Å². The lowest BCUT2D eigenvalue weighted by atomic mass is 10.1. The van der Waals surface area contributed by atoms with Crippen molar-refractivity contribution in [1.82, 2.24) is 10.2 Å². The van der Waals surface area contributed by atoms with E-state index in [1.165, 1.54) is 4.90 Å². The molecular weight excluding hydrogens is 426 g/mol. The molecule has 32 heavy (non-hydrogen) atoms. The van der Waals surface area contributed by atoms with Crippen LogP contribution in [0, 0.1) is 6.92 Å². The minimum atomic E-state index is -3.72. The maximum atomic E-state index is 13.4. The second-order valence-corrected chi connectivity index (χ2v) is 10.0. The molecular formula is C24H33N3O4S. The second-order valence-electron chi connectivity index (χ2n) is 8.11. The molecule has 2 aromatic rings. The van der Waals surface area contributed by atoms with Gasteiger partial charge in [-0.3, -0.25) is 13.9 Å². The lowest BCUT2D eigenvalue weighted by Gasteiger charge is -2.32. The van der Waals surface area contributed by atoms with Crippen LogP contribution in [0.4, 0.5) is 5.69 Å². The Balaban J connectivity index is 2.34. The molecule has 0 unspecified atom stereocenters. The van der Waals surface area contributed by atoms with Crippen LogP contribution >= 0.6 is 0 Å². The van der Waals surface area contributed by atoms with Gasteiger partial charge in [-0.05, 0) is 44.9 Å². The van der Waals surface area contributed by atoms with Gasteiger partial charge in [0.15, 0.2) is 0 Å². The highest BCUT2D eigenvalue weighted by Gasteiger charge is 2.30. The SMILES string of the molecule is CC[C@H](C)NC(=O)[C@H](C)N(Cc1ccccc1)C(=O)CN(c1ccc(C)cc1)S(C)(=O)=O. The van der Waals surface area contributed by atoms with Crippen molar-refractivity contribution in [2.75, 3.05) is 17.1 Å². The molecule has 2 aromatic carbocycles. The molecule has 0 radical (unpaired) electrons. The maximum absolute atomic E-state index is 13.4. The summed E-state index contributed by atoms with van der Waals surface area (Å²) in [4.78, 5) is 27.6. The van der Waals surface area contributed by atoms with Gasteiger partial charge in [-0.1, -0.05) is 55.0 Å². The number of nitrogens with one attached hydrogen (secondary N) is 1. The zero-order chi connectivity index (χ0) is 23.9. The smallest absolute Gasteiger partial charge is 0.244 e. The molecule has 0 spiro atoms. The van der Waals surface area contributed by atoms with Gasteiger partial charge < -0.3 is 10.2 Å². The largest absolute Gasteiger partial charge is 0.352 e. The molecule has 0 aliphatic carbocycles. The fraction of sp³-hybridized carbons (Fsp3) is 0.417. The Kier molecular flexibility index (Phi) is 8.83. The second kappa shape index (κ2) is 11.1. The van der Waals surface area contributed by atoms with Crippen molar-refractivity contribution < 1.29 is 18.0 Å². The molecule has 0 aliphatic rings. The highest BCUT2D eigenvalue weighted by atomic mass is 32.2. The molecule has 0 aromatic heterocycles. The van der Waals surface area contributed by atoms with Gasteiger partial charge in [-0.15, -0.1) is 0 Å². The Labute approximate surface area is 191 Å². The predicted molar refractivity (Wildman–Crippen MR) is 128 cm³/mol. The average Bonchev–Trinajstić information content (AvgIpc) is 2.75. The quantitative estimate of drug-likeness (QED) is 0.592. The summed E-state index contributed by atoms with van der Waals surface area (Å²) in [6, 6.07) is 15.5. The molecule has 0 saturated carbocycles. The van der Waals surface area contributed by atoms with E-state index < -0.39 is 28.5 Å². The van der Waals surface area contributed by atoms with Crippen molar-refractivity contribution in [3.8, 4) is 0 Å². The van der Waals surface area contributed by atoms with E-state index in [0.717, 1.165) is 28.1 Å². The fourth-order valence-electron chi connectivity index (χ4n) is 3.15. The molecule has 2 rings (SSSR count). The highest BCUT2D eigenvalue weighted by Crippen LogP contribution is 2.19. The Morgan fingerprint density at radius 2 is 1.59 bits per heavy atom. The van der Waals surface area contributed by atoms with Crippen molar-refractivity contribution in [2.45, 2.75) is 52.7 Å². The minimum Gasteiger partial charge on any atom is -0.352 e. The van der Waals surface area contributed by atoms with Crippen LogP contribution in [0.5, 0.6) is 0 Å². The van der Waals surface area contributed by atoms with Crippen molar-refractivity contribution in [3.05, 3.63) is 65.7 Å². The van der Waals surface area contributed by atoms with Crippen LogP contribution in [-0.4, -0.2) is 50.0 Å². The van der Waals surface area contributed by atoms with Crippen LogP contribution in [0.2, 0.25) is 0 Å². The number of aryl methyl sites for hydroxylation is 1. The summed E-state index contributed by atoms with van der Waals surface area (Å²) in [6.45, 7) is 7.23. The van der Waals surface area contributed by atoms with Gasteiger partial charge in [0, 0.05) is 12.6 Å². The summed E-state index contributed by atoms with van der Waals surface area (Å²) in [6.07, 6.45) is 1.83. The van der Waals surface area contributed by atoms with Crippen molar-refractivity contribution in [2.24, 2.45) is 0 Å². The topological polar surface area (TPSA) is 86.8 Å². The van der Waals surface area contributed by atoms with Gasteiger partial charge >= 0.3 is 0 Å². The first kappa shape index (κ1) is 25.4. The molecule has 7 nitrogen and oxygen atoms in total. The van der Waals surface area contributed by atoms with Crippen LogP contribution in [0.1, 0.15) is 38.3 Å². The molecule has 174 valence electrons. The van der Waals surface area contributed by atoms with Gasteiger partial charge in [0.05, 0.1) is 11.9 Å². The molecule has 0 heterocycles. The van der Waals surface area contributed by atoms with Gasteiger partial charge in [-0.2, -0.15) is 0 Å². The van der Waals surface area contributed by atoms with Crippen molar-refractivity contribution >= 4 is 27.5 Å². The number of hydrogen-bond donors (Lipinski definition) is 1. The first-order valence-electron chi connectivity index (χ1n) is 10.7. The number of sulfonamides is 1. The summed E-state index contributed by atoms with van der Waals surface area (Å²) < 4.78 is 26.1. The van der Waals surface area contributed by atoms with Crippen LogP contribution in [0.25, 0.3) is 0 Å². The van der Waals surface area contributed by atoms with Crippen LogP contribution in [0.15, 0.2) is 54.6 Å². The first-order chi connectivity index (χ1) is 15.0. The van der Waals surface area contributed by atoms with E-state index in [4.69, 9.17) is 0 Å². The number of anilines is 1. The summed E-state index contributed by atoms with van der Waals surface area (Å²) >= 11 is 0. The minimum absolute atomic E-state index is 0.0290. The molecule has 0 bridgehead atoms. The zero-order valence-corrected chi connectivity index (χ0v) is 20.2. The molecule has 0 fully saturated rings. The molecule has 1 N–H and O–H groups in total. The standard InChI is InChI=1S/C24H33N3O4S/c1-6-19(3)25-24(29)20(4)26(16-21-10-8-7-9-11-21)23(28)17-27(32(5,30)31)22-14-12-18(2)13-15-22/h7-15,19-20H,6,16-17H2,1-5H3,(H,25,29)/t19-,20-/m0/s1. The van der Waals surface area contributed by atoms with E-state index in [1.807, 2.05) is 51.1 Å². The van der Waals surface area contributed by atoms with Crippen molar-refractivity contribution in [1.29, 1.82) is 0 Å². The zero-order valence-electron chi connectivity index (χ0n) is 19.4. The van der Waals surface area contributed by atoms with Gasteiger partial charge in [0.25, 0.3) is 0 Å². The molecule has 2 amide bonds. The van der Waals surface area contributed by atoms with E-state index in [9.17, 15) is 18.0 Å². The van der Waals surface area contributed by atoms with E-state index in [2.05, 4.69) is 5.32 Å². The third-order valence-electron chi connectivity index (χ3n) is 5.37. The number of amides is 2. The maximum Gasteiger partial charge on any atom is 0.244 e. The van der Waals surface area contributed by atoms with Gasteiger partial charge in [-0.25, -0.2) is 8.42 Å². The van der Waals surface area contributed by atoms with E-state index in [1.54, 1.807) is 31.2 Å². The lowest BCUT2D eigenvalue weighted by molar-refractivity contribution is -0.139. The van der Waals surface area contributed by atoms with E-state index >= 15 is 0 Å². The van der Waals surface area contributed by atoms with Gasteiger partial charge in [0.2, 0.25) is 21.8 Å². The van der Waals surface area contributed by atoms with Crippen LogP contribution in [-0.2, 0) is 26.2 Å². The Bertz CT molecular complexity index is 1010. The Morgan fingerprint density at radius 3 is 2.12 bits per heavy atom. The molecule has 0 saturated heterocycles. The predicted octanol–water partition coefficient (Wildman–Crippen LogP) is 3.09. The van der Waals surface area contributed by atoms with Crippen molar-refractivity contribution in [3.63, 3.8) is 0 Å². The summed E-state index contributed by atoms with van der Waals surface area (Å²) in [5.41, 5.74) is 2.24. The third-order valence-corrected chi connectivity index (χ3v) is 6.51. The number of rotatable bonds is 10. The normalized spacial score (nSPS) is 13.2. The molecule has 8 heteroatoms. The van der Waals surface area contributed by atoms with E-state index in [-0.39, 0.29) is 18.5 Å². The first-order valence-corrected chi connectivity index (χ1v) is 12.6. The highest BCUT2D eigenvalue weighted by molar-refractivity contribution is 7.92. The number of benzene rings is 2. The number of nitrogens with zero attached hydrogens (tertiary/aromatic N) is 2. The molecule has 2 atom stereocenters. The van der Waals surface area contributed by atoms with Crippen LogP contribution in [0.3, 0.4) is 0 Å². The number of carbonyl (C=O) groups is 2.